The van der Waals surface area contributed by atoms with Crippen LogP contribution in [0.15, 0.2) is 23.6 Å². The van der Waals surface area contributed by atoms with Gasteiger partial charge in [-0.25, -0.2) is 4.98 Å². The van der Waals surface area contributed by atoms with Gasteiger partial charge >= 0.3 is 5.97 Å². The van der Waals surface area contributed by atoms with Crippen LogP contribution in [0, 0.1) is 13.8 Å². The molecule has 0 saturated carbocycles. The molecule has 0 aliphatic heterocycles. The Hall–Kier alpha value is -2.39. The van der Waals surface area contributed by atoms with Gasteiger partial charge in [0.05, 0.1) is 30.2 Å². The minimum atomic E-state index is -0.351. The van der Waals surface area contributed by atoms with Crippen molar-refractivity contribution in [3.63, 3.8) is 0 Å². The second-order valence-corrected chi connectivity index (χ2v) is 7.86. The lowest BCUT2D eigenvalue weighted by molar-refractivity contribution is -0.142. The van der Waals surface area contributed by atoms with Crippen molar-refractivity contribution >= 4 is 51.7 Å². The van der Waals surface area contributed by atoms with E-state index in [0.29, 0.717) is 17.4 Å². The van der Waals surface area contributed by atoms with E-state index in [1.54, 1.807) is 12.3 Å². The maximum atomic E-state index is 12.0. The van der Waals surface area contributed by atoms with Crippen LogP contribution in [0.5, 0.6) is 0 Å². The summed E-state index contributed by atoms with van der Waals surface area (Å²) in [7, 11) is 0. The smallest absolute Gasteiger partial charge is 0.311 e. The number of thiazole rings is 1. The van der Waals surface area contributed by atoms with Gasteiger partial charge in [0.15, 0.2) is 5.13 Å². The van der Waals surface area contributed by atoms with Crippen LogP contribution in [0.25, 0.3) is 0 Å². The lowest BCUT2D eigenvalue weighted by atomic mass is 10.1. The van der Waals surface area contributed by atoms with Gasteiger partial charge in [-0.2, -0.15) is 0 Å². The molecule has 7 nitrogen and oxygen atoms in total. The molecule has 0 bridgehead atoms. The van der Waals surface area contributed by atoms with Gasteiger partial charge in [-0.3, -0.25) is 14.4 Å². The summed E-state index contributed by atoms with van der Waals surface area (Å²) in [5.41, 5.74) is 3.57. The number of carbonyl (C=O) groups is 3. The van der Waals surface area contributed by atoms with Crippen molar-refractivity contribution in [2.24, 2.45) is 0 Å². The SMILES string of the molecule is CCOC(=O)Cc1csc(NC(=O)CSCC(=O)Nc2ccc(C)c(C)c2)n1. The van der Waals surface area contributed by atoms with Crippen molar-refractivity contribution in [2.45, 2.75) is 27.2 Å². The highest BCUT2D eigenvalue weighted by molar-refractivity contribution is 8.00. The Morgan fingerprint density at radius 2 is 1.82 bits per heavy atom. The molecule has 1 aromatic heterocycles. The van der Waals surface area contributed by atoms with E-state index in [4.69, 9.17) is 4.74 Å². The van der Waals surface area contributed by atoms with Crippen LogP contribution in [-0.4, -0.2) is 40.9 Å². The van der Waals surface area contributed by atoms with Crippen LogP contribution in [0.1, 0.15) is 23.7 Å². The molecular weight excluding hydrogens is 398 g/mol. The molecule has 28 heavy (non-hydrogen) atoms. The van der Waals surface area contributed by atoms with Gasteiger partial charge in [0.1, 0.15) is 0 Å². The van der Waals surface area contributed by atoms with E-state index in [2.05, 4.69) is 15.6 Å². The van der Waals surface area contributed by atoms with E-state index in [1.165, 1.54) is 23.1 Å². The van der Waals surface area contributed by atoms with E-state index < -0.39 is 0 Å². The molecule has 2 amide bonds. The quantitative estimate of drug-likeness (QED) is 0.604. The standard InChI is InChI=1S/C19H23N3O4S2/c1-4-26-18(25)8-15-9-28-19(21-15)22-17(24)11-27-10-16(23)20-14-6-5-12(2)13(3)7-14/h5-7,9H,4,8,10-11H2,1-3H3,(H,20,23)(H,21,22,24). The number of benzene rings is 1. The largest absolute Gasteiger partial charge is 0.466 e. The van der Waals surface area contributed by atoms with Gasteiger partial charge in [0, 0.05) is 11.1 Å². The van der Waals surface area contributed by atoms with E-state index in [1.807, 2.05) is 32.0 Å². The second-order valence-electron chi connectivity index (χ2n) is 6.01. The van der Waals surface area contributed by atoms with Crippen LogP contribution in [0.2, 0.25) is 0 Å². The number of nitrogens with zero attached hydrogens (tertiary/aromatic N) is 1. The third kappa shape index (κ3) is 7.32. The van der Waals surface area contributed by atoms with Gasteiger partial charge < -0.3 is 15.4 Å². The molecule has 1 aromatic carbocycles. The first-order chi connectivity index (χ1) is 13.4. The Bertz CT molecular complexity index is 851. The maximum absolute atomic E-state index is 12.0. The van der Waals surface area contributed by atoms with Crippen LogP contribution < -0.4 is 10.6 Å². The number of esters is 1. The molecule has 1 heterocycles. The Kier molecular flexibility index (Phi) is 8.46. The third-order valence-electron chi connectivity index (χ3n) is 3.69. The summed E-state index contributed by atoms with van der Waals surface area (Å²) in [6.07, 6.45) is 0.0770. The molecular formula is C19H23N3O4S2. The number of anilines is 2. The predicted octanol–water partition coefficient (Wildman–Crippen LogP) is 3.18. The average Bonchev–Trinajstić information content (AvgIpc) is 3.05. The third-order valence-corrected chi connectivity index (χ3v) is 5.43. The molecule has 0 spiro atoms. The van der Waals surface area contributed by atoms with Crippen molar-refractivity contribution in [3.05, 3.63) is 40.4 Å². The number of aryl methyl sites for hydroxylation is 2. The lowest BCUT2D eigenvalue weighted by Crippen LogP contribution is -2.18. The Balaban J connectivity index is 1.70. The zero-order valence-corrected chi connectivity index (χ0v) is 17.7. The van der Waals surface area contributed by atoms with Gasteiger partial charge in [0.2, 0.25) is 11.8 Å². The predicted molar refractivity (Wildman–Crippen MR) is 113 cm³/mol. The fourth-order valence-electron chi connectivity index (χ4n) is 2.21. The van der Waals surface area contributed by atoms with E-state index >= 15 is 0 Å². The highest BCUT2D eigenvalue weighted by Crippen LogP contribution is 2.17. The summed E-state index contributed by atoms with van der Waals surface area (Å²) in [5.74, 6) is -0.455. The molecule has 150 valence electrons. The molecule has 2 rings (SSSR count). The summed E-state index contributed by atoms with van der Waals surface area (Å²) in [5, 5.41) is 7.61. The number of ether oxygens (including phenoxy) is 1. The Morgan fingerprint density at radius 3 is 2.50 bits per heavy atom. The summed E-state index contributed by atoms with van der Waals surface area (Å²) in [4.78, 5) is 39.6. The van der Waals surface area contributed by atoms with Crippen molar-refractivity contribution < 1.29 is 19.1 Å². The zero-order valence-electron chi connectivity index (χ0n) is 16.0. The molecule has 0 radical (unpaired) electrons. The fourth-order valence-corrected chi connectivity index (χ4v) is 3.56. The van der Waals surface area contributed by atoms with Crippen molar-refractivity contribution in [1.29, 1.82) is 0 Å². The number of thioether (sulfide) groups is 1. The first-order valence-corrected chi connectivity index (χ1v) is 10.8. The van der Waals surface area contributed by atoms with Crippen LogP contribution in [-0.2, 0) is 25.5 Å². The average molecular weight is 422 g/mol. The lowest BCUT2D eigenvalue weighted by Gasteiger charge is -2.07. The van der Waals surface area contributed by atoms with E-state index in [-0.39, 0.29) is 35.7 Å². The molecule has 9 heteroatoms. The van der Waals surface area contributed by atoms with Gasteiger partial charge in [-0.05, 0) is 44.0 Å². The van der Waals surface area contributed by atoms with E-state index in [9.17, 15) is 14.4 Å². The number of rotatable bonds is 9. The number of amides is 2. The summed E-state index contributed by atoms with van der Waals surface area (Å²) < 4.78 is 4.86. The second kappa shape index (κ2) is 10.8. The molecule has 2 N–H and O–H groups in total. The minimum Gasteiger partial charge on any atom is -0.466 e. The summed E-state index contributed by atoms with van der Waals surface area (Å²) >= 11 is 2.46. The number of nitrogens with one attached hydrogen (secondary N) is 2. The molecule has 0 aliphatic carbocycles. The van der Waals surface area contributed by atoms with Crippen LogP contribution in [0.3, 0.4) is 0 Å². The monoisotopic (exact) mass is 421 g/mol. The highest BCUT2D eigenvalue weighted by Gasteiger charge is 2.11. The molecule has 0 atom stereocenters. The number of carbonyl (C=O) groups excluding carboxylic acids is 3. The zero-order chi connectivity index (χ0) is 20.5. The first kappa shape index (κ1) is 21.9. The highest BCUT2D eigenvalue weighted by atomic mass is 32.2. The van der Waals surface area contributed by atoms with Gasteiger partial charge in [0.25, 0.3) is 0 Å². The molecule has 0 unspecified atom stereocenters. The summed E-state index contributed by atoms with van der Waals surface area (Å²) in [6, 6.07) is 5.73. The topological polar surface area (TPSA) is 97.4 Å². The summed E-state index contributed by atoms with van der Waals surface area (Å²) in [6.45, 7) is 6.06. The van der Waals surface area contributed by atoms with E-state index in [0.717, 1.165) is 16.8 Å². The molecule has 2 aromatic rings. The maximum Gasteiger partial charge on any atom is 0.311 e. The van der Waals surface area contributed by atoms with Gasteiger partial charge in [-0.15, -0.1) is 23.1 Å². The van der Waals surface area contributed by atoms with Crippen LogP contribution >= 0.6 is 23.1 Å². The van der Waals surface area contributed by atoms with Crippen molar-refractivity contribution in [2.75, 3.05) is 28.7 Å². The number of hydrogen-bond acceptors (Lipinski definition) is 7. The Labute approximate surface area is 172 Å². The fraction of sp³-hybridized carbons (Fsp3) is 0.368. The minimum absolute atomic E-state index is 0.0770. The number of hydrogen-bond donors (Lipinski definition) is 2. The van der Waals surface area contributed by atoms with Crippen molar-refractivity contribution in [1.82, 2.24) is 4.98 Å². The van der Waals surface area contributed by atoms with Crippen LogP contribution in [0.4, 0.5) is 10.8 Å². The Morgan fingerprint density at radius 1 is 1.11 bits per heavy atom. The number of aromatic nitrogens is 1. The molecule has 0 saturated heterocycles. The first-order valence-electron chi connectivity index (χ1n) is 8.72. The molecule has 0 fully saturated rings. The van der Waals surface area contributed by atoms with Gasteiger partial charge in [-0.1, -0.05) is 6.07 Å². The molecule has 0 aliphatic rings. The normalized spacial score (nSPS) is 10.4. The van der Waals surface area contributed by atoms with Crippen molar-refractivity contribution in [3.8, 4) is 0 Å².